The molecular weight excluding hydrogens is 280 g/mol. The Balaban J connectivity index is 2.41. The van der Waals surface area contributed by atoms with Gasteiger partial charge in [-0.15, -0.1) is 0 Å². The van der Waals surface area contributed by atoms with Crippen LogP contribution in [0.1, 0.15) is 50.8 Å². The Bertz CT molecular complexity index is 549. The van der Waals surface area contributed by atoms with Gasteiger partial charge in [-0.25, -0.2) is 8.78 Å². The van der Waals surface area contributed by atoms with Gasteiger partial charge in [0.1, 0.15) is 16.1 Å². The number of benzene rings is 1. The summed E-state index contributed by atoms with van der Waals surface area (Å²) in [6.07, 6.45) is 0.183. The number of rotatable bonds is 2. The van der Waals surface area contributed by atoms with Crippen molar-refractivity contribution >= 4 is 17.1 Å². The molecule has 1 aliphatic rings. The fourth-order valence-corrected chi connectivity index (χ4v) is 2.89. The van der Waals surface area contributed by atoms with Crippen LogP contribution in [0.2, 0.25) is 0 Å². The molecule has 1 unspecified atom stereocenters. The second-order valence-corrected chi connectivity index (χ2v) is 7.98. The van der Waals surface area contributed by atoms with E-state index in [2.05, 4.69) is 4.40 Å². The van der Waals surface area contributed by atoms with Crippen molar-refractivity contribution in [3.63, 3.8) is 0 Å². The molecule has 1 aromatic carbocycles. The van der Waals surface area contributed by atoms with Crippen molar-refractivity contribution in [1.82, 2.24) is 0 Å². The summed E-state index contributed by atoms with van der Waals surface area (Å²) in [5.41, 5.74) is 1.99. The summed E-state index contributed by atoms with van der Waals surface area (Å²) in [5.74, 6) is -2.76. The largest absolute Gasteiger partial charge is 0.591 e. The maximum absolute atomic E-state index is 13.7. The molecule has 5 heteroatoms. The second kappa shape index (κ2) is 5.11. The predicted molar refractivity (Wildman–Crippen MR) is 78.8 cm³/mol. The lowest BCUT2D eigenvalue weighted by Crippen LogP contribution is -2.26. The summed E-state index contributed by atoms with van der Waals surface area (Å²) < 4.78 is 43.2. The lowest BCUT2D eigenvalue weighted by molar-refractivity contribution is -0.00184. The average molecular weight is 299 g/mol. The van der Waals surface area contributed by atoms with Gasteiger partial charge >= 0.3 is 0 Å². The molecule has 0 heterocycles. The summed E-state index contributed by atoms with van der Waals surface area (Å²) in [7, 11) is 0. The maximum Gasteiger partial charge on any atom is 0.273 e. The van der Waals surface area contributed by atoms with Gasteiger partial charge in [-0.1, -0.05) is 22.6 Å². The number of alkyl halides is 2. The van der Waals surface area contributed by atoms with E-state index in [0.717, 1.165) is 0 Å². The van der Waals surface area contributed by atoms with E-state index in [1.807, 2.05) is 20.8 Å². The standard InChI is InChI=1S/C15H19F2NOS/c1-10(18-20(19)14(2,3)4)11-6-5-7-13-12(11)8-9-15(13,16)17/h5-7H,8-9H2,1-4H3. The van der Waals surface area contributed by atoms with Gasteiger partial charge in [0.05, 0.1) is 5.71 Å². The molecule has 2 nitrogen and oxygen atoms in total. The SMILES string of the molecule is CC(=N[S+]([O-])C(C)(C)C)c1cccc2c1CCC2(F)F. The minimum Gasteiger partial charge on any atom is -0.591 e. The third-order valence-corrected chi connectivity index (χ3v) is 4.88. The molecule has 0 bridgehead atoms. The van der Waals surface area contributed by atoms with Crippen molar-refractivity contribution in [2.24, 2.45) is 4.40 Å². The molecule has 0 aromatic heterocycles. The van der Waals surface area contributed by atoms with Gasteiger partial charge in [0.15, 0.2) is 0 Å². The fraction of sp³-hybridized carbons (Fsp3) is 0.533. The molecule has 0 amide bonds. The first kappa shape index (κ1) is 15.4. The van der Waals surface area contributed by atoms with Gasteiger partial charge in [-0.3, -0.25) is 0 Å². The molecule has 2 rings (SSSR count). The van der Waals surface area contributed by atoms with Crippen molar-refractivity contribution in [1.29, 1.82) is 0 Å². The second-order valence-electron chi connectivity index (χ2n) is 6.07. The normalized spacial score (nSPS) is 19.9. The van der Waals surface area contributed by atoms with Crippen LogP contribution in [0.3, 0.4) is 0 Å². The molecule has 0 spiro atoms. The highest BCUT2D eigenvalue weighted by Crippen LogP contribution is 2.42. The van der Waals surface area contributed by atoms with Crippen molar-refractivity contribution in [2.45, 2.75) is 51.2 Å². The number of nitrogens with zero attached hydrogens (tertiary/aromatic N) is 1. The Morgan fingerprint density at radius 2 is 2.00 bits per heavy atom. The molecule has 0 N–H and O–H groups in total. The van der Waals surface area contributed by atoms with Crippen LogP contribution in [0.15, 0.2) is 22.6 Å². The first-order chi connectivity index (χ1) is 9.13. The molecule has 0 radical (unpaired) electrons. The first-order valence-electron chi connectivity index (χ1n) is 6.61. The van der Waals surface area contributed by atoms with Crippen LogP contribution < -0.4 is 0 Å². The quantitative estimate of drug-likeness (QED) is 0.600. The van der Waals surface area contributed by atoms with Crippen molar-refractivity contribution in [3.8, 4) is 0 Å². The van der Waals surface area contributed by atoms with Crippen LogP contribution in [-0.4, -0.2) is 15.0 Å². The summed E-state index contributed by atoms with van der Waals surface area (Å²) in [4.78, 5) is 0. The van der Waals surface area contributed by atoms with Gasteiger partial charge in [-0.2, -0.15) is 0 Å². The predicted octanol–water partition coefficient (Wildman–Crippen LogP) is 4.00. The molecule has 1 aliphatic carbocycles. The number of hydrogen-bond acceptors (Lipinski definition) is 2. The summed E-state index contributed by atoms with van der Waals surface area (Å²) in [6, 6.07) is 4.87. The van der Waals surface area contributed by atoms with Crippen molar-refractivity contribution < 1.29 is 13.3 Å². The van der Waals surface area contributed by atoms with E-state index in [1.165, 1.54) is 6.07 Å². The van der Waals surface area contributed by atoms with Gasteiger partial charge < -0.3 is 4.55 Å². The molecule has 20 heavy (non-hydrogen) atoms. The maximum atomic E-state index is 13.7. The topological polar surface area (TPSA) is 35.4 Å². The van der Waals surface area contributed by atoms with Gasteiger partial charge in [0, 0.05) is 17.5 Å². The summed E-state index contributed by atoms with van der Waals surface area (Å²) >= 11 is -1.38. The van der Waals surface area contributed by atoms with Gasteiger partial charge in [0.2, 0.25) is 0 Å². The van der Waals surface area contributed by atoms with Crippen LogP contribution in [0.4, 0.5) is 8.78 Å². The Morgan fingerprint density at radius 1 is 1.35 bits per heavy atom. The molecule has 0 saturated carbocycles. The Morgan fingerprint density at radius 3 is 2.60 bits per heavy atom. The van der Waals surface area contributed by atoms with E-state index >= 15 is 0 Å². The van der Waals surface area contributed by atoms with Crippen LogP contribution in [0.25, 0.3) is 0 Å². The number of halogens is 2. The van der Waals surface area contributed by atoms with Gasteiger partial charge in [-0.05, 0) is 39.7 Å². The van der Waals surface area contributed by atoms with Gasteiger partial charge in [0.25, 0.3) is 5.92 Å². The molecule has 0 aliphatic heterocycles. The molecule has 1 atom stereocenters. The lowest BCUT2D eigenvalue weighted by Gasteiger charge is -2.19. The first-order valence-corrected chi connectivity index (χ1v) is 7.71. The monoisotopic (exact) mass is 299 g/mol. The zero-order chi connectivity index (χ0) is 15.1. The zero-order valence-electron chi connectivity index (χ0n) is 12.2. The lowest BCUT2D eigenvalue weighted by atomic mass is 10.00. The van der Waals surface area contributed by atoms with E-state index in [1.54, 1.807) is 19.1 Å². The highest BCUT2D eigenvalue weighted by Gasteiger charge is 2.40. The van der Waals surface area contributed by atoms with Crippen molar-refractivity contribution in [2.75, 3.05) is 0 Å². The van der Waals surface area contributed by atoms with E-state index in [-0.39, 0.29) is 12.0 Å². The minimum absolute atomic E-state index is 0.0890. The third-order valence-electron chi connectivity index (χ3n) is 3.39. The van der Waals surface area contributed by atoms with E-state index in [9.17, 15) is 13.3 Å². The summed E-state index contributed by atoms with van der Waals surface area (Å²) in [5, 5.41) is 0. The van der Waals surface area contributed by atoms with E-state index < -0.39 is 22.0 Å². The molecule has 0 saturated heterocycles. The van der Waals surface area contributed by atoms with Crippen molar-refractivity contribution in [3.05, 3.63) is 34.9 Å². The zero-order valence-corrected chi connectivity index (χ0v) is 13.0. The van der Waals surface area contributed by atoms with Crippen LogP contribution in [-0.2, 0) is 23.7 Å². The molecule has 1 aromatic rings. The Kier molecular flexibility index (Phi) is 3.95. The highest BCUT2D eigenvalue weighted by molar-refractivity contribution is 7.91. The minimum atomic E-state index is -2.76. The Hall–Kier alpha value is -0.940. The Labute approximate surface area is 121 Å². The number of fused-ring (bicyclic) bond motifs is 1. The van der Waals surface area contributed by atoms with E-state index in [0.29, 0.717) is 23.3 Å². The smallest absolute Gasteiger partial charge is 0.273 e. The number of hydrogen-bond donors (Lipinski definition) is 0. The highest BCUT2D eigenvalue weighted by atomic mass is 32.2. The molecule has 0 fully saturated rings. The third kappa shape index (κ3) is 2.88. The van der Waals surface area contributed by atoms with E-state index in [4.69, 9.17) is 0 Å². The molecule has 110 valence electrons. The van der Waals surface area contributed by atoms with Crippen LogP contribution in [0.5, 0.6) is 0 Å². The summed E-state index contributed by atoms with van der Waals surface area (Å²) in [6.45, 7) is 7.24. The average Bonchev–Trinajstić information content (AvgIpc) is 2.64. The molecular formula is C15H19F2NOS. The van der Waals surface area contributed by atoms with Crippen LogP contribution in [0, 0.1) is 0 Å². The fourth-order valence-electron chi connectivity index (χ4n) is 2.26. The van der Waals surface area contributed by atoms with Crippen LogP contribution >= 0.6 is 0 Å².